The molecule has 2 unspecified atom stereocenters. The van der Waals surface area contributed by atoms with Crippen LogP contribution < -0.4 is 4.90 Å². The first-order chi connectivity index (χ1) is 12.2. The van der Waals surface area contributed by atoms with Crippen LogP contribution in [0.5, 0.6) is 5.75 Å². The molecule has 2 aliphatic heterocycles. The molecule has 5 heteroatoms. The molecule has 2 aliphatic rings. The monoisotopic (exact) mass is 339 g/mol. The molecule has 0 bridgehead atoms. The van der Waals surface area contributed by atoms with Crippen molar-refractivity contribution in [3.8, 4) is 5.75 Å². The van der Waals surface area contributed by atoms with Gasteiger partial charge in [-0.3, -0.25) is 0 Å². The molecule has 4 rings (SSSR count). The zero-order valence-corrected chi connectivity index (χ0v) is 14.1. The van der Waals surface area contributed by atoms with Gasteiger partial charge in [0.05, 0.1) is 24.8 Å². The third-order valence-electron chi connectivity index (χ3n) is 4.90. The summed E-state index contributed by atoms with van der Waals surface area (Å²) in [6.07, 6.45) is 1.51. The molecule has 0 aliphatic carbocycles. The van der Waals surface area contributed by atoms with E-state index in [0.717, 1.165) is 24.1 Å². The average molecular weight is 339 g/mol. The summed E-state index contributed by atoms with van der Waals surface area (Å²) < 4.78 is 11.2. The number of anilines is 1. The third-order valence-corrected chi connectivity index (χ3v) is 4.90. The van der Waals surface area contributed by atoms with E-state index in [-0.39, 0.29) is 24.0 Å². The van der Waals surface area contributed by atoms with Gasteiger partial charge in [0, 0.05) is 11.8 Å². The lowest BCUT2D eigenvalue weighted by Gasteiger charge is -2.36. The number of carbonyl (C=O) groups is 1. The number of fused-ring (bicyclic) bond motifs is 3. The van der Waals surface area contributed by atoms with Crippen LogP contribution >= 0.6 is 0 Å². The summed E-state index contributed by atoms with van der Waals surface area (Å²) in [5.74, 6) is -0.314. The second kappa shape index (κ2) is 6.41. The minimum atomic E-state index is -0.385. The standard InChI is InChI=1S/C20H21NO4/c1-2-24-20(23)16-10-14(22)11-17-15(16)8-9-19-21(17)18(12-25-19)13-6-4-3-5-7-13/h3-7,10-11,18-19,22H,2,8-9,12H2,1H3. The van der Waals surface area contributed by atoms with E-state index < -0.39 is 0 Å². The molecule has 2 aromatic carbocycles. The van der Waals surface area contributed by atoms with Gasteiger partial charge in [0.15, 0.2) is 0 Å². The van der Waals surface area contributed by atoms with Crippen LogP contribution in [0, 0.1) is 0 Å². The first-order valence-electron chi connectivity index (χ1n) is 8.67. The quantitative estimate of drug-likeness (QED) is 0.868. The van der Waals surface area contributed by atoms with Crippen LogP contribution in [0.25, 0.3) is 0 Å². The SMILES string of the molecule is CCOC(=O)c1cc(O)cc2c1CCC1OCC(c3ccccc3)N21. The molecule has 2 heterocycles. The fraction of sp³-hybridized carbons (Fsp3) is 0.350. The Morgan fingerprint density at radius 2 is 2.12 bits per heavy atom. The molecule has 1 N–H and O–H groups in total. The van der Waals surface area contributed by atoms with Crippen molar-refractivity contribution < 1.29 is 19.4 Å². The predicted molar refractivity (Wildman–Crippen MR) is 93.8 cm³/mol. The molecule has 0 radical (unpaired) electrons. The van der Waals surface area contributed by atoms with Crippen molar-refractivity contribution in [2.45, 2.75) is 32.0 Å². The van der Waals surface area contributed by atoms with Gasteiger partial charge < -0.3 is 19.5 Å². The highest BCUT2D eigenvalue weighted by Gasteiger charge is 2.40. The smallest absolute Gasteiger partial charge is 0.338 e. The van der Waals surface area contributed by atoms with Gasteiger partial charge in [0.2, 0.25) is 0 Å². The fourth-order valence-corrected chi connectivity index (χ4v) is 3.83. The van der Waals surface area contributed by atoms with Crippen LogP contribution in [0.1, 0.15) is 40.9 Å². The number of hydrogen-bond acceptors (Lipinski definition) is 5. The Labute approximate surface area is 146 Å². The van der Waals surface area contributed by atoms with E-state index >= 15 is 0 Å². The maximum atomic E-state index is 12.3. The van der Waals surface area contributed by atoms with E-state index in [9.17, 15) is 9.90 Å². The zero-order chi connectivity index (χ0) is 17.4. The van der Waals surface area contributed by atoms with Crippen LogP contribution in [0.2, 0.25) is 0 Å². The summed E-state index contributed by atoms with van der Waals surface area (Å²) in [5.41, 5.74) is 3.41. The molecule has 5 nitrogen and oxygen atoms in total. The Bertz CT molecular complexity index is 790. The number of esters is 1. The summed E-state index contributed by atoms with van der Waals surface area (Å²) in [6, 6.07) is 13.5. The van der Waals surface area contributed by atoms with Crippen LogP contribution in [-0.4, -0.2) is 30.5 Å². The van der Waals surface area contributed by atoms with Gasteiger partial charge in [-0.05, 0) is 37.0 Å². The number of aromatic hydroxyl groups is 1. The van der Waals surface area contributed by atoms with Gasteiger partial charge in [-0.1, -0.05) is 30.3 Å². The van der Waals surface area contributed by atoms with Crippen LogP contribution in [-0.2, 0) is 15.9 Å². The van der Waals surface area contributed by atoms with Crippen LogP contribution in [0.15, 0.2) is 42.5 Å². The minimum absolute atomic E-state index is 0.0328. The van der Waals surface area contributed by atoms with Gasteiger partial charge in [-0.25, -0.2) is 4.79 Å². The molecule has 2 atom stereocenters. The van der Waals surface area contributed by atoms with Crippen molar-refractivity contribution in [1.29, 1.82) is 0 Å². The summed E-state index contributed by atoms with van der Waals surface area (Å²) in [5, 5.41) is 10.2. The first-order valence-corrected chi connectivity index (χ1v) is 8.67. The molecular formula is C20H21NO4. The predicted octanol–water partition coefficient (Wildman–Crippen LogP) is 3.42. The van der Waals surface area contributed by atoms with Crippen molar-refractivity contribution in [3.63, 3.8) is 0 Å². The molecule has 1 saturated heterocycles. The lowest BCUT2D eigenvalue weighted by Crippen LogP contribution is -2.37. The Morgan fingerprint density at radius 3 is 2.88 bits per heavy atom. The van der Waals surface area contributed by atoms with E-state index in [1.165, 1.54) is 11.6 Å². The Balaban J connectivity index is 1.79. The number of carbonyl (C=O) groups excluding carboxylic acids is 1. The van der Waals surface area contributed by atoms with Gasteiger partial charge in [0.25, 0.3) is 0 Å². The first kappa shape index (κ1) is 16.0. The number of rotatable bonds is 3. The Hall–Kier alpha value is -2.53. The van der Waals surface area contributed by atoms with Crippen molar-refractivity contribution >= 4 is 11.7 Å². The lowest BCUT2D eigenvalue weighted by atomic mass is 9.93. The van der Waals surface area contributed by atoms with E-state index in [4.69, 9.17) is 9.47 Å². The second-order valence-electron chi connectivity index (χ2n) is 6.37. The van der Waals surface area contributed by atoms with Crippen LogP contribution in [0.3, 0.4) is 0 Å². The summed E-state index contributed by atoms with van der Waals surface area (Å²) in [4.78, 5) is 14.5. The fourth-order valence-electron chi connectivity index (χ4n) is 3.83. The van der Waals surface area contributed by atoms with E-state index in [1.54, 1.807) is 13.0 Å². The number of phenols is 1. The molecule has 0 saturated carbocycles. The lowest BCUT2D eigenvalue weighted by molar-refractivity contribution is 0.0523. The number of benzene rings is 2. The van der Waals surface area contributed by atoms with E-state index in [0.29, 0.717) is 18.8 Å². The summed E-state index contributed by atoms with van der Waals surface area (Å²) in [6.45, 7) is 2.69. The highest BCUT2D eigenvalue weighted by molar-refractivity contribution is 5.94. The Kier molecular flexibility index (Phi) is 4.09. The van der Waals surface area contributed by atoms with Crippen molar-refractivity contribution in [2.24, 2.45) is 0 Å². The second-order valence-corrected chi connectivity index (χ2v) is 6.37. The molecule has 130 valence electrons. The normalized spacial score (nSPS) is 21.6. The number of ether oxygens (including phenoxy) is 2. The maximum Gasteiger partial charge on any atom is 0.338 e. The Morgan fingerprint density at radius 1 is 1.32 bits per heavy atom. The number of phenolic OH excluding ortho intramolecular Hbond substituents is 1. The average Bonchev–Trinajstić information content (AvgIpc) is 3.06. The van der Waals surface area contributed by atoms with Crippen molar-refractivity contribution in [3.05, 3.63) is 59.2 Å². The van der Waals surface area contributed by atoms with Gasteiger partial charge in [-0.2, -0.15) is 0 Å². The highest BCUT2D eigenvalue weighted by atomic mass is 16.5. The molecule has 0 amide bonds. The number of hydrogen-bond donors (Lipinski definition) is 1. The highest BCUT2D eigenvalue weighted by Crippen LogP contribution is 2.44. The molecule has 0 aromatic heterocycles. The molecule has 1 fully saturated rings. The van der Waals surface area contributed by atoms with Gasteiger partial charge >= 0.3 is 5.97 Å². The molecule has 2 aromatic rings. The summed E-state index contributed by atoms with van der Waals surface area (Å²) >= 11 is 0. The maximum absolute atomic E-state index is 12.3. The third kappa shape index (κ3) is 2.74. The van der Waals surface area contributed by atoms with E-state index in [2.05, 4.69) is 17.0 Å². The van der Waals surface area contributed by atoms with Gasteiger partial charge in [-0.15, -0.1) is 0 Å². The largest absolute Gasteiger partial charge is 0.508 e. The van der Waals surface area contributed by atoms with Crippen molar-refractivity contribution in [1.82, 2.24) is 0 Å². The molecular weight excluding hydrogens is 318 g/mol. The molecule has 25 heavy (non-hydrogen) atoms. The molecule has 0 spiro atoms. The zero-order valence-electron chi connectivity index (χ0n) is 14.1. The topological polar surface area (TPSA) is 59.0 Å². The van der Waals surface area contributed by atoms with Crippen LogP contribution in [0.4, 0.5) is 5.69 Å². The summed E-state index contributed by atoms with van der Waals surface area (Å²) in [7, 11) is 0. The van der Waals surface area contributed by atoms with Gasteiger partial charge in [0.1, 0.15) is 12.0 Å². The minimum Gasteiger partial charge on any atom is -0.508 e. The van der Waals surface area contributed by atoms with Crippen molar-refractivity contribution in [2.75, 3.05) is 18.1 Å². The number of nitrogens with zero attached hydrogens (tertiary/aromatic N) is 1. The van der Waals surface area contributed by atoms with E-state index in [1.807, 2.05) is 18.2 Å².